The SMILES string of the molecule is CCCCCCCCCCCO[Si](CC)(CC)OC(C)C(C)CC. The van der Waals surface area contributed by atoms with Crippen molar-refractivity contribution in [1.29, 1.82) is 0 Å². The molecule has 0 saturated carbocycles. The van der Waals surface area contributed by atoms with E-state index in [1.165, 1.54) is 64.2 Å². The van der Waals surface area contributed by atoms with Crippen LogP contribution < -0.4 is 0 Å². The van der Waals surface area contributed by atoms with Crippen LogP contribution in [0.3, 0.4) is 0 Å². The van der Waals surface area contributed by atoms with Crippen LogP contribution in [0.4, 0.5) is 0 Å². The maximum atomic E-state index is 6.49. The molecule has 0 aromatic rings. The second-order valence-corrected chi connectivity index (χ2v) is 11.3. The second kappa shape index (κ2) is 15.4. The molecule has 0 aliphatic heterocycles. The van der Waals surface area contributed by atoms with Gasteiger partial charge >= 0.3 is 8.56 Å². The van der Waals surface area contributed by atoms with Gasteiger partial charge in [-0.3, -0.25) is 0 Å². The van der Waals surface area contributed by atoms with E-state index in [0.29, 0.717) is 12.0 Å². The predicted molar refractivity (Wildman–Crippen MR) is 110 cm³/mol. The lowest BCUT2D eigenvalue weighted by Gasteiger charge is -2.34. The van der Waals surface area contributed by atoms with Gasteiger partial charge in [0, 0.05) is 12.7 Å². The van der Waals surface area contributed by atoms with E-state index in [4.69, 9.17) is 8.85 Å². The zero-order valence-electron chi connectivity index (χ0n) is 17.7. The molecule has 146 valence electrons. The Balaban J connectivity index is 3.88. The Morgan fingerprint density at radius 1 is 0.708 bits per heavy atom. The molecule has 0 radical (unpaired) electrons. The highest BCUT2D eigenvalue weighted by Crippen LogP contribution is 2.24. The molecule has 0 amide bonds. The van der Waals surface area contributed by atoms with Crippen molar-refractivity contribution in [3.63, 3.8) is 0 Å². The summed E-state index contributed by atoms with van der Waals surface area (Å²) in [7, 11) is -1.98. The minimum Gasteiger partial charge on any atom is -0.394 e. The van der Waals surface area contributed by atoms with Crippen LogP contribution in [-0.4, -0.2) is 21.3 Å². The number of hydrogen-bond donors (Lipinski definition) is 0. The van der Waals surface area contributed by atoms with Crippen LogP contribution in [0.15, 0.2) is 0 Å². The van der Waals surface area contributed by atoms with Gasteiger partial charge in [-0.15, -0.1) is 0 Å². The third-order valence-electron chi connectivity index (χ3n) is 5.54. The van der Waals surface area contributed by atoms with Gasteiger partial charge in [-0.2, -0.15) is 0 Å². The average molecular weight is 359 g/mol. The van der Waals surface area contributed by atoms with Crippen LogP contribution in [0.1, 0.15) is 106 Å². The van der Waals surface area contributed by atoms with Gasteiger partial charge in [0.2, 0.25) is 0 Å². The fourth-order valence-corrected chi connectivity index (χ4v) is 5.85. The lowest BCUT2D eigenvalue weighted by molar-refractivity contribution is 0.0869. The Labute approximate surface area is 154 Å². The molecule has 0 bridgehead atoms. The van der Waals surface area contributed by atoms with Crippen molar-refractivity contribution in [2.24, 2.45) is 5.92 Å². The van der Waals surface area contributed by atoms with Gasteiger partial charge in [0.25, 0.3) is 0 Å². The van der Waals surface area contributed by atoms with E-state index in [1.54, 1.807) is 0 Å². The lowest BCUT2D eigenvalue weighted by atomic mass is 10.0. The molecule has 2 nitrogen and oxygen atoms in total. The van der Waals surface area contributed by atoms with Gasteiger partial charge in [0.15, 0.2) is 0 Å². The topological polar surface area (TPSA) is 18.5 Å². The van der Waals surface area contributed by atoms with Crippen molar-refractivity contribution in [2.45, 2.75) is 124 Å². The van der Waals surface area contributed by atoms with Crippen LogP contribution in [0, 0.1) is 5.92 Å². The van der Waals surface area contributed by atoms with E-state index >= 15 is 0 Å². The summed E-state index contributed by atoms with van der Waals surface area (Å²) >= 11 is 0. The Bertz CT molecular complexity index is 267. The van der Waals surface area contributed by atoms with Gasteiger partial charge in [0.1, 0.15) is 0 Å². The molecule has 0 spiro atoms. The fraction of sp³-hybridized carbons (Fsp3) is 1.00. The Morgan fingerprint density at radius 2 is 1.21 bits per heavy atom. The van der Waals surface area contributed by atoms with E-state index in [9.17, 15) is 0 Å². The van der Waals surface area contributed by atoms with Gasteiger partial charge < -0.3 is 8.85 Å². The number of rotatable bonds is 17. The molecule has 0 fully saturated rings. The van der Waals surface area contributed by atoms with Gasteiger partial charge in [-0.05, 0) is 31.4 Å². The molecule has 0 saturated heterocycles. The van der Waals surface area contributed by atoms with Crippen molar-refractivity contribution < 1.29 is 8.85 Å². The summed E-state index contributed by atoms with van der Waals surface area (Å²) in [5.74, 6) is 0.617. The van der Waals surface area contributed by atoms with E-state index in [1.807, 2.05) is 0 Å². The molecular formula is C21H46O2Si. The maximum absolute atomic E-state index is 6.49. The first kappa shape index (κ1) is 24.1. The van der Waals surface area contributed by atoms with Crippen molar-refractivity contribution in [3.05, 3.63) is 0 Å². The largest absolute Gasteiger partial charge is 0.394 e. The first-order valence-corrected chi connectivity index (χ1v) is 13.1. The molecule has 0 aliphatic rings. The molecular weight excluding hydrogens is 312 g/mol. The zero-order valence-corrected chi connectivity index (χ0v) is 18.7. The van der Waals surface area contributed by atoms with Crippen molar-refractivity contribution in [2.75, 3.05) is 6.61 Å². The zero-order chi connectivity index (χ0) is 18.3. The van der Waals surface area contributed by atoms with Crippen molar-refractivity contribution >= 4 is 8.56 Å². The van der Waals surface area contributed by atoms with Gasteiger partial charge in [-0.25, -0.2) is 0 Å². The lowest BCUT2D eigenvalue weighted by Crippen LogP contribution is -2.45. The summed E-state index contributed by atoms with van der Waals surface area (Å²) in [4.78, 5) is 0. The summed E-state index contributed by atoms with van der Waals surface area (Å²) in [6, 6.07) is 2.14. The van der Waals surface area contributed by atoms with Crippen LogP contribution >= 0.6 is 0 Å². The minimum absolute atomic E-state index is 0.324. The summed E-state index contributed by atoms with van der Waals surface area (Å²) in [5.41, 5.74) is 0. The molecule has 0 rings (SSSR count). The molecule has 0 aromatic heterocycles. The highest BCUT2D eigenvalue weighted by molar-refractivity contribution is 6.67. The quantitative estimate of drug-likeness (QED) is 0.198. The maximum Gasteiger partial charge on any atom is 0.337 e. The molecule has 0 heterocycles. The number of unbranched alkanes of at least 4 members (excludes halogenated alkanes) is 8. The summed E-state index contributed by atoms with van der Waals surface area (Å²) in [6.45, 7) is 14.4. The predicted octanol–water partition coefficient (Wildman–Crippen LogP) is 7.47. The van der Waals surface area contributed by atoms with Crippen LogP contribution in [0.2, 0.25) is 12.1 Å². The Kier molecular flexibility index (Phi) is 15.5. The first-order chi connectivity index (χ1) is 11.5. The first-order valence-electron chi connectivity index (χ1n) is 10.9. The smallest absolute Gasteiger partial charge is 0.337 e. The number of hydrogen-bond acceptors (Lipinski definition) is 2. The minimum atomic E-state index is -1.98. The van der Waals surface area contributed by atoms with E-state index in [0.717, 1.165) is 18.7 Å². The van der Waals surface area contributed by atoms with E-state index < -0.39 is 8.56 Å². The molecule has 0 aliphatic carbocycles. The summed E-state index contributed by atoms with van der Waals surface area (Å²) in [6.07, 6.45) is 13.8. The third-order valence-corrected chi connectivity index (χ3v) is 9.22. The highest BCUT2D eigenvalue weighted by Gasteiger charge is 2.36. The molecule has 24 heavy (non-hydrogen) atoms. The molecule has 0 N–H and O–H groups in total. The fourth-order valence-electron chi connectivity index (χ4n) is 3.11. The van der Waals surface area contributed by atoms with Crippen LogP contribution in [0.25, 0.3) is 0 Å². The summed E-state index contributed by atoms with van der Waals surface area (Å²) < 4.78 is 12.9. The van der Waals surface area contributed by atoms with E-state index in [2.05, 4.69) is 41.5 Å². The van der Waals surface area contributed by atoms with Gasteiger partial charge in [0.05, 0.1) is 0 Å². The van der Waals surface area contributed by atoms with Gasteiger partial charge in [-0.1, -0.05) is 92.4 Å². The standard InChI is InChI=1S/C21H46O2Si/c1-7-11-12-13-14-15-16-17-18-19-22-24(9-3,10-4)23-21(6)20(5)8-2/h20-21H,7-19H2,1-6H3. The molecule has 3 heteroatoms. The highest BCUT2D eigenvalue weighted by atomic mass is 28.4. The molecule has 2 unspecified atom stereocenters. The van der Waals surface area contributed by atoms with Crippen LogP contribution in [0.5, 0.6) is 0 Å². The molecule has 2 atom stereocenters. The normalized spacial score (nSPS) is 14.8. The Hall–Kier alpha value is 0.137. The second-order valence-electron chi connectivity index (χ2n) is 7.50. The average Bonchev–Trinajstić information content (AvgIpc) is 2.61. The Morgan fingerprint density at radius 3 is 1.67 bits per heavy atom. The van der Waals surface area contributed by atoms with Crippen LogP contribution in [-0.2, 0) is 8.85 Å². The third kappa shape index (κ3) is 10.9. The monoisotopic (exact) mass is 358 g/mol. The van der Waals surface area contributed by atoms with E-state index in [-0.39, 0.29) is 0 Å². The molecule has 0 aromatic carbocycles. The van der Waals surface area contributed by atoms with Crippen molar-refractivity contribution in [3.8, 4) is 0 Å². The van der Waals surface area contributed by atoms with Crippen molar-refractivity contribution in [1.82, 2.24) is 0 Å². The summed E-state index contributed by atoms with van der Waals surface area (Å²) in [5, 5.41) is 0.